The van der Waals surface area contributed by atoms with Gasteiger partial charge in [-0.05, 0) is 26.8 Å². The third kappa shape index (κ3) is 4.59. The second-order valence-electron chi connectivity index (χ2n) is 5.75. The average molecular weight is 329 g/mol. The zero-order valence-corrected chi connectivity index (χ0v) is 14.7. The SMILES string of the molecule is CC(=O)N(c1nc(CN(C)[C@@H](C)C[S@](C)=O)cs1)C1CC1. The summed E-state index contributed by atoms with van der Waals surface area (Å²) >= 11 is 1.53. The highest BCUT2D eigenvalue weighted by molar-refractivity contribution is 7.84. The van der Waals surface area contributed by atoms with Crippen molar-refractivity contribution < 1.29 is 9.00 Å². The number of aromatic nitrogens is 1. The van der Waals surface area contributed by atoms with Crippen molar-refractivity contribution in [3.63, 3.8) is 0 Å². The molecule has 0 unspecified atom stereocenters. The second kappa shape index (κ2) is 6.98. The van der Waals surface area contributed by atoms with Crippen molar-refractivity contribution in [2.75, 3.05) is 24.0 Å². The summed E-state index contributed by atoms with van der Waals surface area (Å²) in [6, 6.07) is 0.592. The van der Waals surface area contributed by atoms with Crippen molar-refractivity contribution in [1.29, 1.82) is 0 Å². The van der Waals surface area contributed by atoms with Gasteiger partial charge in [0.1, 0.15) is 0 Å². The Bertz CT molecular complexity index is 528. The van der Waals surface area contributed by atoms with Gasteiger partial charge in [-0.2, -0.15) is 0 Å². The number of anilines is 1. The first-order valence-electron chi connectivity index (χ1n) is 7.13. The summed E-state index contributed by atoms with van der Waals surface area (Å²) < 4.78 is 11.3. The molecule has 1 aromatic rings. The third-order valence-electron chi connectivity index (χ3n) is 3.64. The summed E-state index contributed by atoms with van der Waals surface area (Å²) in [5.74, 6) is 0.733. The summed E-state index contributed by atoms with van der Waals surface area (Å²) in [5, 5.41) is 2.82. The van der Waals surface area contributed by atoms with Gasteiger partial charge in [-0.15, -0.1) is 11.3 Å². The first-order valence-corrected chi connectivity index (χ1v) is 9.73. The molecule has 0 saturated heterocycles. The summed E-state index contributed by atoms with van der Waals surface area (Å²) in [6.07, 6.45) is 3.88. The smallest absolute Gasteiger partial charge is 0.225 e. The van der Waals surface area contributed by atoms with E-state index in [1.807, 2.05) is 17.3 Å². The molecule has 0 bridgehead atoms. The molecular formula is C14H23N3O2S2. The van der Waals surface area contributed by atoms with Gasteiger partial charge in [-0.25, -0.2) is 4.98 Å². The molecule has 0 aliphatic heterocycles. The van der Waals surface area contributed by atoms with E-state index in [1.54, 1.807) is 13.2 Å². The lowest BCUT2D eigenvalue weighted by Crippen LogP contribution is -2.33. The van der Waals surface area contributed by atoms with Crippen LogP contribution in [-0.2, 0) is 22.1 Å². The van der Waals surface area contributed by atoms with E-state index >= 15 is 0 Å². The number of carbonyl (C=O) groups excluding carboxylic acids is 1. The van der Waals surface area contributed by atoms with Crippen LogP contribution >= 0.6 is 11.3 Å². The molecule has 1 aromatic heterocycles. The fourth-order valence-corrected chi connectivity index (χ4v) is 4.10. The molecule has 0 N–H and O–H groups in total. The van der Waals surface area contributed by atoms with Crippen molar-refractivity contribution in [3.8, 4) is 0 Å². The monoisotopic (exact) mass is 329 g/mol. The van der Waals surface area contributed by atoms with Crippen LogP contribution in [0.15, 0.2) is 5.38 Å². The van der Waals surface area contributed by atoms with Gasteiger partial charge in [0.15, 0.2) is 5.13 Å². The Hall–Kier alpha value is -0.790. The Morgan fingerprint density at radius 2 is 2.24 bits per heavy atom. The van der Waals surface area contributed by atoms with Crippen LogP contribution in [0.4, 0.5) is 5.13 Å². The van der Waals surface area contributed by atoms with Crippen LogP contribution in [0, 0.1) is 0 Å². The molecular weight excluding hydrogens is 306 g/mol. The molecule has 1 saturated carbocycles. The van der Waals surface area contributed by atoms with Crippen molar-refractivity contribution >= 4 is 33.2 Å². The predicted molar refractivity (Wildman–Crippen MR) is 88.2 cm³/mol. The van der Waals surface area contributed by atoms with Gasteiger partial charge in [0.2, 0.25) is 5.91 Å². The summed E-state index contributed by atoms with van der Waals surface area (Å²) in [4.78, 5) is 20.3. The van der Waals surface area contributed by atoms with E-state index in [9.17, 15) is 9.00 Å². The molecule has 2 atom stereocenters. The maximum Gasteiger partial charge on any atom is 0.225 e. The zero-order valence-electron chi connectivity index (χ0n) is 13.0. The van der Waals surface area contributed by atoms with Gasteiger partial charge in [0.25, 0.3) is 0 Å². The van der Waals surface area contributed by atoms with Gasteiger partial charge in [-0.1, -0.05) is 0 Å². The van der Waals surface area contributed by atoms with Gasteiger partial charge in [0, 0.05) is 53.7 Å². The van der Waals surface area contributed by atoms with Crippen molar-refractivity contribution in [1.82, 2.24) is 9.88 Å². The fourth-order valence-electron chi connectivity index (χ4n) is 2.24. The molecule has 0 spiro atoms. The number of hydrogen-bond donors (Lipinski definition) is 0. The largest absolute Gasteiger partial charge is 0.297 e. The molecule has 21 heavy (non-hydrogen) atoms. The quantitative estimate of drug-likeness (QED) is 0.766. The molecule has 5 nitrogen and oxygen atoms in total. The van der Waals surface area contributed by atoms with Crippen LogP contribution in [0.25, 0.3) is 0 Å². The van der Waals surface area contributed by atoms with E-state index < -0.39 is 10.8 Å². The highest BCUT2D eigenvalue weighted by Crippen LogP contribution is 2.33. The van der Waals surface area contributed by atoms with Crippen molar-refractivity contribution in [2.24, 2.45) is 0 Å². The van der Waals surface area contributed by atoms with E-state index in [4.69, 9.17) is 0 Å². The molecule has 1 heterocycles. The Morgan fingerprint density at radius 3 is 2.76 bits per heavy atom. The zero-order chi connectivity index (χ0) is 15.6. The topological polar surface area (TPSA) is 53.5 Å². The molecule has 1 fully saturated rings. The maximum absolute atomic E-state index is 11.7. The number of amides is 1. The minimum atomic E-state index is -0.793. The van der Waals surface area contributed by atoms with Crippen LogP contribution < -0.4 is 4.90 Å². The summed E-state index contributed by atoms with van der Waals surface area (Å²) in [6.45, 7) is 4.39. The molecule has 118 valence electrons. The number of nitrogens with zero attached hydrogens (tertiary/aromatic N) is 3. The molecule has 1 amide bonds. The Balaban J connectivity index is 1.99. The molecule has 1 aliphatic rings. The van der Waals surface area contributed by atoms with Crippen LogP contribution in [0.2, 0.25) is 0 Å². The van der Waals surface area contributed by atoms with Crippen LogP contribution in [0.1, 0.15) is 32.4 Å². The number of thiazole rings is 1. The third-order valence-corrected chi connectivity index (χ3v) is 5.48. The van der Waals surface area contributed by atoms with Gasteiger partial charge < -0.3 is 0 Å². The van der Waals surface area contributed by atoms with Crippen LogP contribution in [0.3, 0.4) is 0 Å². The summed E-state index contributed by atoms with van der Waals surface area (Å²) in [5.41, 5.74) is 0.970. The first-order chi connectivity index (χ1) is 9.88. The normalized spacial score (nSPS) is 17.8. The molecule has 0 radical (unpaired) electrons. The maximum atomic E-state index is 11.7. The lowest BCUT2D eigenvalue weighted by molar-refractivity contribution is -0.116. The standard InChI is InChI=1S/C14H23N3O2S2/c1-10(9-21(4)19)16(3)7-12-8-20-14(15-12)17(11(2)18)13-5-6-13/h8,10,13H,5-7,9H2,1-4H3/t10-,21-/m0/s1. The molecule has 1 aliphatic carbocycles. The van der Waals surface area contributed by atoms with Crippen LogP contribution in [0.5, 0.6) is 0 Å². The number of hydrogen-bond acceptors (Lipinski definition) is 5. The average Bonchev–Trinajstić information content (AvgIpc) is 3.09. The Kier molecular flexibility index (Phi) is 5.51. The molecule has 0 aromatic carbocycles. The lowest BCUT2D eigenvalue weighted by Gasteiger charge is -2.23. The lowest BCUT2D eigenvalue weighted by atomic mass is 10.3. The van der Waals surface area contributed by atoms with Gasteiger partial charge >= 0.3 is 0 Å². The minimum Gasteiger partial charge on any atom is -0.297 e. The van der Waals surface area contributed by atoms with E-state index in [0.717, 1.165) is 23.7 Å². The van der Waals surface area contributed by atoms with Gasteiger partial charge in [0.05, 0.1) is 5.69 Å². The Morgan fingerprint density at radius 1 is 1.57 bits per heavy atom. The van der Waals surface area contributed by atoms with E-state index in [1.165, 1.54) is 11.3 Å². The number of rotatable bonds is 7. The van der Waals surface area contributed by atoms with Gasteiger partial charge in [-0.3, -0.25) is 18.8 Å². The minimum absolute atomic E-state index is 0.0708. The van der Waals surface area contributed by atoms with E-state index in [0.29, 0.717) is 18.3 Å². The van der Waals surface area contributed by atoms with Crippen molar-refractivity contribution in [2.45, 2.75) is 45.3 Å². The highest BCUT2D eigenvalue weighted by atomic mass is 32.2. The van der Waals surface area contributed by atoms with Crippen molar-refractivity contribution in [3.05, 3.63) is 11.1 Å². The number of carbonyl (C=O) groups is 1. The molecule has 7 heteroatoms. The molecule has 2 rings (SSSR count). The first kappa shape index (κ1) is 16.6. The highest BCUT2D eigenvalue weighted by Gasteiger charge is 2.33. The van der Waals surface area contributed by atoms with Crippen LogP contribution in [-0.4, -0.2) is 51.1 Å². The second-order valence-corrected chi connectivity index (χ2v) is 8.06. The van der Waals surface area contributed by atoms with E-state index in [-0.39, 0.29) is 11.9 Å². The van der Waals surface area contributed by atoms with E-state index in [2.05, 4.69) is 16.8 Å². The summed E-state index contributed by atoms with van der Waals surface area (Å²) in [7, 11) is 1.22. The fraction of sp³-hybridized carbons (Fsp3) is 0.714. The Labute approximate surface area is 132 Å². The predicted octanol–water partition coefficient (Wildman–Crippen LogP) is 1.86.